The third kappa shape index (κ3) is 7.95. The molecule has 0 radical (unpaired) electrons. The highest BCUT2D eigenvalue weighted by molar-refractivity contribution is 8.02. The number of aromatic hydroxyl groups is 1. The lowest BCUT2D eigenvalue weighted by atomic mass is 9.81. The van der Waals surface area contributed by atoms with E-state index >= 15 is 0 Å². The van der Waals surface area contributed by atoms with Crippen molar-refractivity contribution in [2.24, 2.45) is 17.7 Å². The lowest BCUT2D eigenvalue weighted by molar-refractivity contribution is -0.139. The molecule has 2 unspecified atom stereocenters. The molecule has 10 heteroatoms. The predicted molar refractivity (Wildman–Crippen MR) is 143 cm³/mol. The quantitative estimate of drug-likeness (QED) is 0.149. The van der Waals surface area contributed by atoms with Crippen molar-refractivity contribution < 1.29 is 24.3 Å². The van der Waals surface area contributed by atoms with E-state index < -0.39 is 11.9 Å². The molecule has 1 saturated heterocycles. The Morgan fingerprint density at radius 2 is 1.81 bits per heavy atom. The van der Waals surface area contributed by atoms with Gasteiger partial charge in [0, 0.05) is 30.1 Å². The second kappa shape index (κ2) is 12.8. The van der Waals surface area contributed by atoms with Crippen LogP contribution in [-0.2, 0) is 25.6 Å². The molecule has 1 aliphatic heterocycles. The zero-order chi connectivity index (χ0) is 27.2. The van der Waals surface area contributed by atoms with E-state index in [4.69, 9.17) is 5.84 Å². The standard InChI is InChI=1S/C27H40N4O5S/c1-4-13-27(2,3)37-22-15-23(33)31(26(22)36)16-18-5-9-19(10-6-18)24(34)29-21(25(35)30-28)14-17-7-11-20(32)12-8-17/h7-8,11-12,18-19,21-22,32H,4-6,9-10,13-16,28H2,1-3H3,(H,29,34)(H,30,35). The maximum atomic E-state index is 13.0. The number of phenols is 1. The van der Waals surface area contributed by atoms with Crippen LogP contribution in [0.5, 0.6) is 5.75 Å². The summed E-state index contributed by atoms with van der Waals surface area (Å²) in [6.45, 7) is 6.78. The zero-order valence-electron chi connectivity index (χ0n) is 22.0. The number of phenolic OH excluding ortho intramolecular Hbond substituents is 1. The molecule has 1 aliphatic carbocycles. The SMILES string of the molecule is CCCC(C)(C)SC1CC(=O)N(CC2CCC(C(=O)NC(Cc3ccc(O)cc3)C(=O)NN)CC2)C1=O. The van der Waals surface area contributed by atoms with E-state index in [0.717, 1.165) is 31.2 Å². The van der Waals surface area contributed by atoms with E-state index in [1.807, 2.05) is 0 Å². The van der Waals surface area contributed by atoms with Crippen molar-refractivity contribution in [3.8, 4) is 5.75 Å². The maximum absolute atomic E-state index is 13.0. The molecule has 2 fully saturated rings. The van der Waals surface area contributed by atoms with Crippen molar-refractivity contribution in [3.63, 3.8) is 0 Å². The molecule has 0 aromatic heterocycles. The van der Waals surface area contributed by atoms with Crippen molar-refractivity contribution in [2.45, 2.75) is 88.2 Å². The van der Waals surface area contributed by atoms with Gasteiger partial charge in [-0.1, -0.05) is 39.3 Å². The number of carbonyl (C=O) groups excluding carboxylic acids is 4. The number of imide groups is 1. The van der Waals surface area contributed by atoms with Crippen molar-refractivity contribution >= 4 is 35.4 Å². The van der Waals surface area contributed by atoms with Gasteiger partial charge in [-0.05, 0) is 55.7 Å². The van der Waals surface area contributed by atoms with Gasteiger partial charge in [-0.3, -0.25) is 29.5 Å². The monoisotopic (exact) mass is 532 g/mol. The fourth-order valence-corrected chi connectivity index (χ4v) is 6.86. The van der Waals surface area contributed by atoms with E-state index in [9.17, 15) is 24.3 Å². The Labute approximate surface area is 223 Å². The summed E-state index contributed by atoms with van der Waals surface area (Å²) < 4.78 is -0.0439. The van der Waals surface area contributed by atoms with Gasteiger partial charge < -0.3 is 10.4 Å². The Kier molecular flexibility index (Phi) is 10.0. The number of hydrogen-bond acceptors (Lipinski definition) is 7. The lowest BCUT2D eigenvalue weighted by Crippen LogP contribution is -2.51. The van der Waals surface area contributed by atoms with Gasteiger partial charge in [-0.25, -0.2) is 5.84 Å². The lowest BCUT2D eigenvalue weighted by Gasteiger charge is -2.31. The second-order valence-electron chi connectivity index (χ2n) is 10.8. The summed E-state index contributed by atoms with van der Waals surface area (Å²) in [6.07, 6.45) is 5.27. The summed E-state index contributed by atoms with van der Waals surface area (Å²) in [6, 6.07) is 5.61. The number of amides is 4. The van der Waals surface area contributed by atoms with Gasteiger partial charge in [0.05, 0.1) is 5.25 Å². The minimum Gasteiger partial charge on any atom is -0.508 e. The Bertz CT molecular complexity index is 976. The molecule has 4 amide bonds. The zero-order valence-corrected chi connectivity index (χ0v) is 22.8. The third-order valence-corrected chi connectivity index (χ3v) is 8.82. The summed E-state index contributed by atoms with van der Waals surface area (Å²) in [7, 11) is 0. The van der Waals surface area contributed by atoms with Gasteiger partial charge in [0.1, 0.15) is 11.8 Å². The molecule has 1 aromatic rings. The number of hydrogen-bond donors (Lipinski definition) is 4. The van der Waals surface area contributed by atoms with Crippen LogP contribution in [0.3, 0.4) is 0 Å². The third-order valence-electron chi connectivity index (χ3n) is 7.33. The Morgan fingerprint density at radius 1 is 1.16 bits per heavy atom. The first-order valence-corrected chi connectivity index (χ1v) is 14.0. The van der Waals surface area contributed by atoms with Crippen LogP contribution in [0.15, 0.2) is 24.3 Å². The van der Waals surface area contributed by atoms with Gasteiger partial charge in [0.2, 0.25) is 17.7 Å². The van der Waals surface area contributed by atoms with Crippen molar-refractivity contribution in [1.82, 2.24) is 15.6 Å². The van der Waals surface area contributed by atoms with Crippen LogP contribution in [0.25, 0.3) is 0 Å². The fraction of sp³-hybridized carbons (Fsp3) is 0.630. The Morgan fingerprint density at radius 3 is 2.41 bits per heavy atom. The largest absolute Gasteiger partial charge is 0.508 e. The topological polar surface area (TPSA) is 142 Å². The number of nitrogens with two attached hydrogens (primary N) is 1. The number of likely N-dealkylation sites (tertiary alicyclic amines) is 1. The van der Waals surface area contributed by atoms with E-state index in [-0.39, 0.29) is 58.1 Å². The van der Waals surface area contributed by atoms with Gasteiger partial charge in [0.15, 0.2) is 0 Å². The predicted octanol–water partition coefficient (Wildman–Crippen LogP) is 2.66. The first-order chi connectivity index (χ1) is 17.5. The van der Waals surface area contributed by atoms with Crippen LogP contribution >= 0.6 is 11.8 Å². The average Bonchev–Trinajstić information content (AvgIpc) is 3.11. The summed E-state index contributed by atoms with van der Waals surface area (Å²) in [5, 5.41) is 12.0. The van der Waals surface area contributed by atoms with Crippen molar-refractivity contribution in [3.05, 3.63) is 29.8 Å². The number of nitrogens with zero attached hydrogens (tertiary/aromatic N) is 1. The minimum absolute atomic E-state index is 0.0439. The van der Waals surface area contributed by atoms with E-state index in [2.05, 4.69) is 31.5 Å². The number of benzene rings is 1. The van der Waals surface area contributed by atoms with E-state index in [0.29, 0.717) is 19.4 Å². The Balaban J connectivity index is 1.50. The van der Waals surface area contributed by atoms with E-state index in [1.165, 1.54) is 17.0 Å². The number of hydrazine groups is 1. The van der Waals surface area contributed by atoms with Gasteiger partial charge in [-0.15, -0.1) is 11.8 Å². The molecule has 5 N–H and O–H groups in total. The highest BCUT2D eigenvalue weighted by atomic mass is 32.2. The van der Waals surface area contributed by atoms with Crippen LogP contribution < -0.4 is 16.6 Å². The molecule has 2 atom stereocenters. The normalized spacial score (nSPS) is 23.1. The number of carbonyl (C=O) groups is 4. The molecule has 37 heavy (non-hydrogen) atoms. The summed E-state index contributed by atoms with van der Waals surface area (Å²) in [5.41, 5.74) is 2.89. The van der Waals surface area contributed by atoms with Gasteiger partial charge in [-0.2, -0.15) is 0 Å². The maximum Gasteiger partial charge on any atom is 0.256 e. The highest BCUT2D eigenvalue weighted by Crippen LogP contribution is 2.39. The summed E-state index contributed by atoms with van der Waals surface area (Å²) >= 11 is 1.61. The first kappa shape index (κ1) is 29.0. The molecule has 1 saturated carbocycles. The molecule has 0 spiro atoms. The molecule has 204 valence electrons. The molecular formula is C27H40N4O5S. The van der Waals surface area contributed by atoms with Crippen LogP contribution in [0.1, 0.15) is 71.3 Å². The van der Waals surface area contributed by atoms with Crippen LogP contribution in [0.4, 0.5) is 0 Å². The Hall–Kier alpha value is -2.59. The summed E-state index contributed by atoms with van der Waals surface area (Å²) in [5.74, 6) is 4.51. The van der Waals surface area contributed by atoms with Crippen LogP contribution in [-0.4, -0.2) is 56.2 Å². The van der Waals surface area contributed by atoms with E-state index in [1.54, 1.807) is 23.9 Å². The van der Waals surface area contributed by atoms with Crippen molar-refractivity contribution in [2.75, 3.05) is 6.54 Å². The second-order valence-corrected chi connectivity index (χ2v) is 12.7. The molecule has 9 nitrogen and oxygen atoms in total. The fourth-order valence-electron chi connectivity index (χ4n) is 5.32. The smallest absolute Gasteiger partial charge is 0.256 e. The highest BCUT2D eigenvalue weighted by Gasteiger charge is 2.42. The molecule has 0 bridgehead atoms. The molecule has 1 aromatic carbocycles. The number of rotatable bonds is 11. The number of nitrogens with one attached hydrogen (secondary N) is 2. The molecular weight excluding hydrogens is 492 g/mol. The van der Waals surface area contributed by atoms with Gasteiger partial charge in [0.25, 0.3) is 5.91 Å². The minimum atomic E-state index is -0.828. The first-order valence-electron chi connectivity index (χ1n) is 13.1. The average molecular weight is 533 g/mol. The molecule has 1 heterocycles. The molecule has 3 rings (SSSR count). The summed E-state index contributed by atoms with van der Waals surface area (Å²) in [4.78, 5) is 52.3. The number of thioether (sulfide) groups is 1. The van der Waals surface area contributed by atoms with Gasteiger partial charge >= 0.3 is 0 Å². The van der Waals surface area contributed by atoms with Crippen LogP contribution in [0, 0.1) is 11.8 Å². The molecule has 2 aliphatic rings. The van der Waals surface area contributed by atoms with Crippen molar-refractivity contribution in [1.29, 1.82) is 0 Å². The van der Waals surface area contributed by atoms with Crippen LogP contribution in [0.2, 0.25) is 0 Å².